The van der Waals surface area contributed by atoms with E-state index in [9.17, 15) is 0 Å². The molecule has 142 valence electrons. The lowest BCUT2D eigenvalue weighted by molar-refractivity contribution is 1.28. The van der Waals surface area contributed by atoms with Crippen molar-refractivity contribution in [1.82, 2.24) is 0 Å². The van der Waals surface area contributed by atoms with Crippen LogP contribution in [0.4, 0.5) is 22.7 Å². The summed E-state index contributed by atoms with van der Waals surface area (Å²) in [5.41, 5.74) is 9.67. The highest BCUT2D eigenvalue weighted by molar-refractivity contribution is 5.83. The number of benzene rings is 4. The second-order valence-electron chi connectivity index (χ2n) is 6.83. The Morgan fingerprint density at radius 3 is 1.69 bits per heavy atom. The van der Waals surface area contributed by atoms with Gasteiger partial charge >= 0.3 is 0 Å². The van der Waals surface area contributed by atoms with E-state index in [1.54, 1.807) is 0 Å². The van der Waals surface area contributed by atoms with E-state index in [0.29, 0.717) is 0 Å². The molecule has 0 heterocycles. The maximum Gasteiger partial charge on any atom is 0.0561 e. The number of nitrogens with one attached hydrogen (secondary N) is 1. The summed E-state index contributed by atoms with van der Waals surface area (Å²) >= 11 is 0. The summed E-state index contributed by atoms with van der Waals surface area (Å²) in [6.07, 6.45) is 1.83. The zero-order chi connectivity index (χ0) is 19.9. The first-order chi connectivity index (χ1) is 14.3. The number of nitrogens with zero attached hydrogens (tertiary/aromatic N) is 2. The van der Waals surface area contributed by atoms with E-state index >= 15 is 0 Å². The van der Waals surface area contributed by atoms with E-state index in [2.05, 4.69) is 107 Å². The van der Waals surface area contributed by atoms with Gasteiger partial charge in [-0.05, 0) is 61.0 Å². The minimum Gasteiger partial charge on any atom is -0.311 e. The minimum atomic E-state index is 0.975. The van der Waals surface area contributed by atoms with E-state index in [-0.39, 0.29) is 0 Å². The standard InChI is InChI=1S/C26H23N3/c1-21-12-16-23(17-13-21)28-27-20-22-14-18-26(19-15-22)29(24-8-4-2-5-9-24)25-10-6-3-7-11-25/h2-20,28H,1H3/b27-20-. The van der Waals surface area contributed by atoms with Crippen LogP contribution in [0.15, 0.2) is 114 Å². The van der Waals surface area contributed by atoms with Crippen LogP contribution in [0.5, 0.6) is 0 Å². The monoisotopic (exact) mass is 377 g/mol. The van der Waals surface area contributed by atoms with E-state index in [1.165, 1.54) is 5.56 Å². The number of para-hydroxylation sites is 2. The molecule has 0 amide bonds. The zero-order valence-corrected chi connectivity index (χ0v) is 16.4. The van der Waals surface area contributed by atoms with E-state index in [4.69, 9.17) is 0 Å². The van der Waals surface area contributed by atoms with E-state index in [1.807, 2.05) is 30.5 Å². The van der Waals surface area contributed by atoms with Crippen molar-refractivity contribution in [3.8, 4) is 0 Å². The van der Waals surface area contributed by atoms with E-state index < -0.39 is 0 Å². The summed E-state index contributed by atoms with van der Waals surface area (Å²) in [6.45, 7) is 2.07. The molecule has 0 saturated heterocycles. The Hall–Kier alpha value is -3.85. The molecule has 0 atom stereocenters. The molecule has 4 aromatic carbocycles. The quantitative estimate of drug-likeness (QED) is 0.292. The van der Waals surface area contributed by atoms with Gasteiger partial charge in [0.25, 0.3) is 0 Å². The molecule has 0 aliphatic carbocycles. The summed E-state index contributed by atoms with van der Waals surface area (Å²) in [6, 6.07) is 37.3. The Bertz CT molecular complexity index is 1010. The van der Waals surface area contributed by atoms with Gasteiger partial charge in [-0.15, -0.1) is 0 Å². The van der Waals surface area contributed by atoms with Gasteiger partial charge in [-0.1, -0.05) is 66.2 Å². The highest BCUT2D eigenvalue weighted by atomic mass is 15.3. The summed E-state index contributed by atoms with van der Waals surface area (Å²) in [7, 11) is 0. The molecule has 0 fully saturated rings. The van der Waals surface area contributed by atoms with Crippen LogP contribution in [-0.4, -0.2) is 6.21 Å². The van der Waals surface area contributed by atoms with Crippen LogP contribution in [0, 0.1) is 6.92 Å². The van der Waals surface area contributed by atoms with Crippen molar-refractivity contribution in [1.29, 1.82) is 0 Å². The van der Waals surface area contributed by atoms with Gasteiger partial charge in [-0.2, -0.15) is 5.10 Å². The van der Waals surface area contributed by atoms with Crippen LogP contribution in [-0.2, 0) is 0 Å². The van der Waals surface area contributed by atoms with Crippen molar-refractivity contribution in [2.45, 2.75) is 6.92 Å². The van der Waals surface area contributed by atoms with Gasteiger partial charge in [0.05, 0.1) is 11.9 Å². The maximum absolute atomic E-state index is 4.34. The molecule has 1 N–H and O–H groups in total. The minimum absolute atomic E-state index is 0.975. The number of rotatable bonds is 6. The van der Waals surface area contributed by atoms with Crippen molar-refractivity contribution in [2.24, 2.45) is 5.10 Å². The largest absolute Gasteiger partial charge is 0.311 e. The fraction of sp³-hybridized carbons (Fsp3) is 0.0385. The molecule has 3 nitrogen and oxygen atoms in total. The van der Waals surface area contributed by atoms with Gasteiger partial charge in [-0.3, -0.25) is 5.43 Å². The number of aryl methyl sites for hydroxylation is 1. The molecule has 0 aliphatic rings. The smallest absolute Gasteiger partial charge is 0.0561 e. The van der Waals surface area contributed by atoms with Crippen LogP contribution in [0.2, 0.25) is 0 Å². The Labute approximate surface area is 172 Å². The number of hydrogen-bond donors (Lipinski definition) is 1. The predicted octanol–water partition coefficient (Wildman–Crippen LogP) is 6.91. The van der Waals surface area contributed by atoms with Crippen molar-refractivity contribution >= 4 is 29.0 Å². The normalized spacial score (nSPS) is 10.8. The first-order valence-electron chi connectivity index (χ1n) is 9.66. The molecule has 0 aliphatic heterocycles. The van der Waals surface area contributed by atoms with Gasteiger partial charge < -0.3 is 4.90 Å². The molecule has 0 spiro atoms. The SMILES string of the molecule is Cc1ccc(N/N=C\c2ccc(N(c3ccccc3)c3ccccc3)cc2)cc1. The highest BCUT2D eigenvalue weighted by Gasteiger charge is 2.11. The van der Waals surface area contributed by atoms with Crippen LogP contribution < -0.4 is 10.3 Å². The second-order valence-corrected chi connectivity index (χ2v) is 6.83. The third-order valence-corrected chi connectivity index (χ3v) is 4.64. The maximum atomic E-state index is 4.34. The molecule has 3 heteroatoms. The molecule has 0 unspecified atom stereocenters. The fourth-order valence-electron chi connectivity index (χ4n) is 3.12. The second kappa shape index (κ2) is 8.89. The van der Waals surface area contributed by atoms with Gasteiger partial charge in [0.2, 0.25) is 0 Å². The third kappa shape index (κ3) is 4.71. The fourth-order valence-corrected chi connectivity index (χ4v) is 3.12. The average Bonchev–Trinajstić information content (AvgIpc) is 2.78. The Morgan fingerprint density at radius 1 is 0.621 bits per heavy atom. The molecule has 0 aromatic heterocycles. The van der Waals surface area contributed by atoms with Crippen LogP contribution in [0.25, 0.3) is 0 Å². The van der Waals surface area contributed by atoms with Gasteiger partial charge in [-0.25, -0.2) is 0 Å². The third-order valence-electron chi connectivity index (χ3n) is 4.64. The lowest BCUT2D eigenvalue weighted by Crippen LogP contribution is -2.09. The molecule has 4 aromatic rings. The average molecular weight is 377 g/mol. The first kappa shape index (κ1) is 18.5. The molecule has 29 heavy (non-hydrogen) atoms. The predicted molar refractivity (Wildman–Crippen MR) is 124 cm³/mol. The van der Waals surface area contributed by atoms with E-state index in [0.717, 1.165) is 28.3 Å². The number of anilines is 4. The first-order valence-corrected chi connectivity index (χ1v) is 9.66. The summed E-state index contributed by atoms with van der Waals surface area (Å²) in [4.78, 5) is 2.24. The van der Waals surface area contributed by atoms with Crippen LogP contribution in [0.3, 0.4) is 0 Å². The van der Waals surface area contributed by atoms with Crippen molar-refractivity contribution in [3.05, 3.63) is 120 Å². The molecule has 4 rings (SSSR count). The van der Waals surface area contributed by atoms with Crippen LogP contribution in [0.1, 0.15) is 11.1 Å². The Morgan fingerprint density at radius 2 is 1.14 bits per heavy atom. The topological polar surface area (TPSA) is 27.6 Å². The summed E-state index contributed by atoms with van der Waals surface area (Å²) < 4.78 is 0. The Balaban J connectivity index is 1.54. The summed E-state index contributed by atoms with van der Waals surface area (Å²) in [5.74, 6) is 0. The molecular weight excluding hydrogens is 354 g/mol. The zero-order valence-electron chi connectivity index (χ0n) is 16.4. The Kier molecular flexibility index (Phi) is 5.68. The highest BCUT2D eigenvalue weighted by Crippen LogP contribution is 2.33. The van der Waals surface area contributed by atoms with Gasteiger partial charge in [0, 0.05) is 17.1 Å². The molecule has 0 saturated carbocycles. The lowest BCUT2D eigenvalue weighted by Gasteiger charge is -2.25. The van der Waals surface area contributed by atoms with Crippen molar-refractivity contribution < 1.29 is 0 Å². The molecular formula is C26H23N3. The van der Waals surface area contributed by atoms with Crippen molar-refractivity contribution in [3.63, 3.8) is 0 Å². The van der Waals surface area contributed by atoms with Crippen molar-refractivity contribution in [2.75, 3.05) is 10.3 Å². The molecule has 0 bridgehead atoms. The van der Waals surface area contributed by atoms with Gasteiger partial charge in [0.1, 0.15) is 0 Å². The number of hydrogen-bond acceptors (Lipinski definition) is 3. The number of hydrazone groups is 1. The molecule has 0 radical (unpaired) electrons. The van der Waals surface area contributed by atoms with Gasteiger partial charge in [0.15, 0.2) is 0 Å². The lowest BCUT2D eigenvalue weighted by atomic mass is 10.1. The summed E-state index contributed by atoms with van der Waals surface area (Å²) in [5, 5.41) is 4.34. The van der Waals surface area contributed by atoms with Crippen LogP contribution >= 0.6 is 0 Å².